The van der Waals surface area contributed by atoms with Crippen molar-refractivity contribution in [2.24, 2.45) is 11.8 Å². The minimum absolute atomic E-state index is 0.143. The Hall–Kier alpha value is -1.39. The van der Waals surface area contributed by atoms with E-state index in [0.717, 1.165) is 45.7 Å². The number of nitrogens with one attached hydrogen (secondary N) is 1. The molecule has 1 aromatic carbocycles. The zero-order valence-electron chi connectivity index (χ0n) is 13.3. The van der Waals surface area contributed by atoms with Crippen LogP contribution in [0.25, 0.3) is 0 Å². The predicted octanol–water partition coefficient (Wildman–Crippen LogP) is 2.05. The minimum atomic E-state index is 0.143. The summed E-state index contributed by atoms with van der Waals surface area (Å²) >= 11 is 0. The number of benzene rings is 1. The molecule has 1 amide bonds. The zero-order chi connectivity index (χ0) is 15.4. The summed E-state index contributed by atoms with van der Waals surface area (Å²) in [7, 11) is 0. The third-order valence-electron chi connectivity index (χ3n) is 4.86. The lowest BCUT2D eigenvalue weighted by Gasteiger charge is -2.24. The quantitative estimate of drug-likeness (QED) is 0.925. The van der Waals surface area contributed by atoms with E-state index in [4.69, 9.17) is 4.74 Å². The molecule has 0 bridgehead atoms. The molecule has 2 heterocycles. The van der Waals surface area contributed by atoms with Crippen LogP contribution < -0.4 is 5.32 Å². The first-order chi connectivity index (χ1) is 10.7. The molecule has 2 aliphatic rings. The van der Waals surface area contributed by atoms with Crippen LogP contribution in [0.5, 0.6) is 0 Å². The molecule has 4 nitrogen and oxygen atoms in total. The molecular weight excluding hydrogens is 276 g/mol. The third kappa shape index (κ3) is 3.87. The Morgan fingerprint density at radius 1 is 1.23 bits per heavy atom. The van der Waals surface area contributed by atoms with E-state index in [-0.39, 0.29) is 17.9 Å². The lowest BCUT2D eigenvalue weighted by atomic mass is 9.98. The van der Waals surface area contributed by atoms with Crippen LogP contribution in [-0.4, -0.2) is 43.2 Å². The number of amides is 1. The lowest BCUT2D eigenvalue weighted by Crippen LogP contribution is -2.44. The summed E-state index contributed by atoms with van der Waals surface area (Å²) in [6.45, 7) is 6.64. The smallest absolute Gasteiger partial charge is 0.223 e. The van der Waals surface area contributed by atoms with Crippen LogP contribution in [0.15, 0.2) is 30.3 Å². The van der Waals surface area contributed by atoms with Crippen LogP contribution in [0.1, 0.15) is 25.3 Å². The summed E-state index contributed by atoms with van der Waals surface area (Å²) in [4.78, 5) is 14.8. The van der Waals surface area contributed by atoms with E-state index in [0.29, 0.717) is 5.92 Å². The molecular formula is C18H26N2O2. The van der Waals surface area contributed by atoms with E-state index >= 15 is 0 Å². The molecule has 0 spiro atoms. The fraction of sp³-hybridized carbons (Fsp3) is 0.611. The van der Waals surface area contributed by atoms with Gasteiger partial charge < -0.3 is 10.1 Å². The van der Waals surface area contributed by atoms with Gasteiger partial charge in [0.2, 0.25) is 5.91 Å². The molecule has 0 unspecified atom stereocenters. The molecule has 4 heteroatoms. The van der Waals surface area contributed by atoms with Gasteiger partial charge in [-0.1, -0.05) is 37.3 Å². The molecule has 2 saturated heterocycles. The van der Waals surface area contributed by atoms with Crippen molar-refractivity contribution < 1.29 is 9.53 Å². The van der Waals surface area contributed by atoms with Crippen molar-refractivity contribution in [2.75, 3.05) is 26.3 Å². The van der Waals surface area contributed by atoms with Gasteiger partial charge in [-0.3, -0.25) is 9.69 Å². The average molecular weight is 302 g/mol. The number of carbonyl (C=O) groups excluding carboxylic acids is 1. The Balaban J connectivity index is 1.51. The molecule has 2 atom stereocenters. The summed E-state index contributed by atoms with van der Waals surface area (Å²) in [5, 5.41) is 3.28. The SMILES string of the molecule is C[C@H]1CN(Cc2ccccc2)C[C@H]1NC(=O)C1CCOCC1. The van der Waals surface area contributed by atoms with E-state index in [1.165, 1.54) is 5.56 Å². The van der Waals surface area contributed by atoms with E-state index in [9.17, 15) is 4.79 Å². The molecule has 0 saturated carbocycles. The summed E-state index contributed by atoms with van der Waals surface area (Å²) in [6, 6.07) is 10.8. The maximum Gasteiger partial charge on any atom is 0.223 e. The Labute approximate surface area is 132 Å². The summed E-state index contributed by atoms with van der Waals surface area (Å²) in [5.41, 5.74) is 1.34. The van der Waals surface area contributed by atoms with E-state index < -0.39 is 0 Å². The summed E-state index contributed by atoms with van der Waals surface area (Å²) in [5.74, 6) is 0.873. The number of hydrogen-bond donors (Lipinski definition) is 1. The van der Waals surface area contributed by atoms with Gasteiger partial charge in [0.15, 0.2) is 0 Å². The monoisotopic (exact) mass is 302 g/mol. The highest BCUT2D eigenvalue weighted by Crippen LogP contribution is 2.21. The van der Waals surface area contributed by atoms with Crippen molar-refractivity contribution in [1.82, 2.24) is 10.2 Å². The number of hydrogen-bond acceptors (Lipinski definition) is 3. The Morgan fingerprint density at radius 2 is 1.95 bits per heavy atom. The van der Waals surface area contributed by atoms with Crippen molar-refractivity contribution in [3.8, 4) is 0 Å². The van der Waals surface area contributed by atoms with Crippen LogP contribution >= 0.6 is 0 Å². The van der Waals surface area contributed by atoms with Crippen LogP contribution in [0.2, 0.25) is 0 Å². The van der Waals surface area contributed by atoms with Crippen molar-refractivity contribution in [2.45, 2.75) is 32.4 Å². The number of likely N-dealkylation sites (tertiary alicyclic amines) is 1. The predicted molar refractivity (Wildman–Crippen MR) is 86.4 cm³/mol. The van der Waals surface area contributed by atoms with E-state index in [1.807, 2.05) is 6.07 Å². The van der Waals surface area contributed by atoms with E-state index in [2.05, 4.69) is 41.4 Å². The fourth-order valence-corrected chi connectivity index (χ4v) is 3.49. The highest BCUT2D eigenvalue weighted by atomic mass is 16.5. The van der Waals surface area contributed by atoms with Crippen LogP contribution in [0.4, 0.5) is 0 Å². The lowest BCUT2D eigenvalue weighted by molar-refractivity contribution is -0.128. The topological polar surface area (TPSA) is 41.6 Å². The highest BCUT2D eigenvalue weighted by Gasteiger charge is 2.32. The Bertz CT molecular complexity index is 485. The number of rotatable bonds is 4. The molecule has 1 aromatic rings. The zero-order valence-corrected chi connectivity index (χ0v) is 13.3. The minimum Gasteiger partial charge on any atom is -0.381 e. The van der Waals surface area contributed by atoms with Crippen LogP contribution in [-0.2, 0) is 16.1 Å². The van der Waals surface area contributed by atoms with Gasteiger partial charge in [-0.2, -0.15) is 0 Å². The van der Waals surface area contributed by atoms with Crippen molar-refractivity contribution in [3.63, 3.8) is 0 Å². The maximum atomic E-state index is 12.4. The normalized spacial score (nSPS) is 27.0. The van der Waals surface area contributed by atoms with Crippen molar-refractivity contribution in [3.05, 3.63) is 35.9 Å². The number of ether oxygens (including phenoxy) is 1. The van der Waals surface area contributed by atoms with Crippen LogP contribution in [0.3, 0.4) is 0 Å². The first-order valence-electron chi connectivity index (χ1n) is 8.37. The second-order valence-electron chi connectivity index (χ2n) is 6.66. The van der Waals surface area contributed by atoms with Gasteiger partial charge in [0.1, 0.15) is 0 Å². The summed E-state index contributed by atoms with van der Waals surface area (Å²) < 4.78 is 5.34. The molecule has 3 rings (SSSR count). The molecule has 0 aromatic heterocycles. The molecule has 0 aliphatic carbocycles. The highest BCUT2D eigenvalue weighted by molar-refractivity contribution is 5.79. The van der Waals surface area contributed by atoms with E-state index in [1.54, 1.807) is 0 Å². The van der Waals surface area contributed by atoms with Gasteiger partial charge in [0.25, 0.3) is 0 Å². The fourth-order valence-electron chi connectivity index (χ4n) is 3.49. The average Bonchev–Trinajstić information content (AvgIpc) is 2.88. The van der Waals surface area contributed by atoms with Gasteiger partial charge in [-0.25, -0.2) is 0 Å². The van der Waals surface area contributed by atoms with Gasteiger partial charge in [-0.15, -0.1) is 0 Å². The molecule has 1 N–H and O–H groups in total. The molecule has 2 aliphatic heterocycles. The van der Waals surface area contributed by atoms with Gasteiger partial charge >= 0.3 is 0 Å². The standard InChI is InChI=1S/C18H26N2O2/c1-14-11-20(12-15-5-3-2-4-6-15)13-17(14)19-18(21)16-7-9-22-10-8-16/h2-6,14,16-17H,7-13H2,1H3,(H,19,21)/t14-,17+/m0/s1. The van der Waals surface area contributed by atoms with Crippen LogP contribution in [0, 0.1) is 11.8 Å². The summed E-state index contributed by atoms with van der Waals surface area (Å²) in [6.07, 6.45) is 1.72. The molecule has 22 heavy (non-hydrogen) atoms. The van der Waals surface area contributed by atoms with Gasteiger partial charge in [0, 0.05) is 44.8 Å². The second kappa shape index (κ2) is 7.25. The third-order valence-corrected chi connectivity index (χ3v) is 4.86. The first-order valence-corrected chi connectivity index (χ1v) is 8.37. The number of carbonyl (C=O) groups is 1. The van der Waals surface area contributed by atoms with Gasteiger partial charge in [0.05, 0.1) is 0 Å². The number of nitrogens with zero attached hydrogens (tertiary/aromatic N) is 1. The van der Waals surface area contributed by atoms with Crippen molar-refractivity contribution in [1.29, 1.82) is 0 Å². The largest absolute Gasteiger partial charge is 0.381 e. The first kappa shape index (κ1) is 15.5. The van der Waals surface area contributed by atoms with Crippen molar-refractivity contribution >= 4 is 5.91 Å². The van der Waals surface area contributed by atoms with Gasteiger partial charge in [-0.05, 0) is 24.3 Å². The molecule has 120 valence electrons. The second-order valence-corrected chi connectivity index (χ2v) is 6.66. The Kier molecular flexibility index (Phi) is 5.11. The maximum absolute atomic E-state index is 12.4. The Morgan fingerprint density at radius 3 is 2.68 bits per heavy atom. The molecule has 0 radical (unpaired) electrons. The molecule has 2 fully saturated rings.